The molecule has 0 unspecified atom stereocenters. The van der Waals surface area contributed by atoms with Crippen LogP contribution in [0.15, 0.2) is 30.3 Å². The van der Waals surface area contributed by atoms with Crippen LogP contribution in [0.5, 0.6) is 0 Å². The first kappa shape index (κ1) is 17.5. The molecule has 1 fully saturated rings. The van der Waals surface area contributed by atoms with E-state index >= 15 is 0 Å². The molecule has 0 spiro atoms. The van der Waals surface area contributed by atoms with Crippen molar-refractivity contribution >= 4 is 0 Å². The molecular weight excluding hydrogens is 272 g/mol. The van der Waals surface area contributed by atoms with Crippen molar-refractivity contribution < 1.29 is 9.47 Å². The van der Waals surface area contributed by atoms with Gasteiger partial charge < -0.3 is 9.47 Å². The van der Waals surface area contributed by atoms with Crippen molar-refractivity contribution in [2.75, 3.05) is 6.61 Å². The lowest BCUT2D eigenvalue weighted by atomic mass is 10.0. The van der Waals surface area contributed by atoms with E-state index in [1.54, 1.807) is 0 Å². The van der Waals surface area contributed by atoms with Crippen molar-refractivity contribution in [1.82, 2.24) is 0 Å². The molecule has 1 aliphatic rings. The van der Waals surface area contributed by atoms with Gasteiger partial charge in [0.05, 0.1) is 19.3 Å². The summed E-state index contributed by atoms with van der Waals surface area (Å²) in [5.41, 5.74) is 1.25. The molecule has 2 rings (SSSR count). The zero-order chi connectivity index (χ0) is 15.5. The van der Waals surface area contributed by atoms with Gasteiger partial charge in [-0.2, -0.15) is 0 Å². The van der Waals surface area contributed by atoms with Crippen LogP contribution in [0, 0.1) is 0 Å². The molecule has 0 saturated carbocycles. The highest BCUT2D eigenvalue weighted by Gasteiger charge is 2.33. The Bertz CT molecular complexity index is 373. The van der Waals surface area contributed by atoms with Crippen molar-refractivity contribution in [3.63, 3.8) is 0 Å². The number of epoxide rings is 1. The summed E-state index contributed by atoms with van der Waals surface area (Å²) in [5.74, 6) is 0. The lowest BCUT2D eigenvalue weighted by Crippen LogP contribution is -2.19. The van der Waals surface area contributed by atoms with E-state index in [9.17, 15) is 0 Å². The monoisotopic (exact) mass is 304 g/mol. The summed E-state index contributed by atoms with van der Waals surface area (Å²) in [6.07, 6.45) is 12.7. The Balaban J connectivity index is 1.53. The van der Waals surface area contributed by atoms with Gasteiger partial charge in [-0.25, -0.2) is 0 Å². The minimum absolute atomic E-state index is 0.292. The van der Waals surface area contributed by atoms with Gasteiger partial charge in [0.2, 0.25) is 0 Å². The maximum absolute atomic E-state index is 6.09. The number of rotatable bonds is 13. The van der Waals surface area contributed by atoms with Gasteiger partial charge in [0.25, 0.3) is 0 Å². The Kier molecular flexibility index (Phi) is 8.59. The molecule has 2 atom stereocenters. The Morgan fingerprint density at radius 1 is 1.00 bits per heavy atom. The summed E-state index contributed by atoms with van der Waals surface area (Å²) in [4.78, 5) is 0. The van der Waals surface area contributed by atoms with Crippen LogP contribution in [0.4, 0.5) is 0 Å². The largest absolute Gasteiger partial charge is 0.371 e. The molecule has 0 radical (unpaired) electrons. The Hall–Kier alpha value is -0.860. The van der Waals surface area contributed by atoms with Crippen molar-refractivity contribution in [3.8, 4) is 0 Å². The molecule has 1 aromatic rings. The van der Waals surface area contributed by atoms with Gasteiger partial charge in [-0.1, -0.05) is 88.6 Å². The van der Waals surface area contributed by atoms with Gasteiger partial charge >= 0.3 is 0 Å². The topological polar surface area (TPSA) is 21.8 Å². The lowest BCUT2D eigenvalue weighted by molar-refractivity contribution is 0.0148. The maximum Gasteiger partial charge on any atom is 0.107 e. The molecule has 1 heterocycles. The molecule has 0 aromatic heterocycles. The van der Waals surface area contributed by atoms with Crippen molar-refractivity contribution in [2.45, 2.75) is 83.5 Å². The standard InChI is InChI=1S/C20H32O2/c1-2-3-4-5-6-7-8-12-15-19(20-17-22-20)21-16-18-13-10-9-11-14-18/h9-11,13-14,19-20H,2-8,12,15-17H2,1H3/t19-,20-/m0/s1. The third-order valence-corrected chi connectivity index (χ3v) is 4.42. The summed E-state index contributed by atoms with van der Waals surface area (Å²) in [6, 6.07) is 10.4. The van der Waals surface area contributed by atoms with E-state index < -0.39 is 0 Å². The van der Waals surface area contributed by atoms with E-state index in [2.05, 4.69) is 31.2 Å². The van der Waals surface area contributed by atoms with Crippen molar-refractivity contribution in [2.24, 2.45) is 0 Å². The third kappa shape index (κ3) is 7.42. The van der Waals surface area contributed by atoms with E-state index in [1.165, 1.54) is 56.9 Å². The van der Waals surface area contributed by atoms with E-state index in [-0.39, 0.29) is 0 Å². The molecule has 22 heavy (non-hydrogen) atoms. The van der Waals surface area contributed by atoms with Crippen LogP contribution in [0.3, 0.4) is 0 Å². The Morgan fingerprint density at radius 3 is 2.27 bits per heavy atom. The zero-order valence-corrected chi connectivity index (χ0v) is 14.1. The summed E-state index contributed by atoms with van der Waals surface area (Å²) in [5, 5.41) is 0. The second-order valence-electron chi connectivity index (χ2n) is 6.47. The lowest BCUT2D eigenvalue weighted by Gasteiger charge is -2.16. The van der Waals surface area contributed by atoms with Gasteiger partial charge in [-0.15, -0.1) is 0 Å². The summed E-state index contributed by atoms with van der Waals surface area (Å²) < 4.78 is 11.5. The molecule has 0 aliphatic carbocycles. The minimum Gasteiger partial charge on any atom is -0.371 e. The predicted molar refractivity (Wildman–Crippen MR) is 92.0 cm³/mol. The van der Waals surface area contributed by atoms with Crippen LogP contribution in [0.2, 0.25) is 0 Å². The molecule has 0 N–H and O–H groups in total. The second kappa shape index (κ2) is 10.8. The third-order valence-electron chi connectivity index (χ3n) is 4.42. The molecular formula is C20H32O2. The number of ether oxygens (including phenoxy) is 2. The fraction of sp³-hybridized carbons (Fsp3) is 0.700. The first-order valence-electron chi connectivity index (χ1n) is 9.17. The van der Waals surface area contributed by atoms with E-state index in [0.29, 0.717) is 18.8 Å². The van der Waals surface area contributed by atoms with Gasteiger partial charge in [-0.05, 0) is 12.0 Å². The van der Waals surface area contributed by atoms with Gasteiger partial charge in [0, 0.05) is 0 Å². The Morgan fingerprint density at radius 2 is 1.64 bits per heavy atom. The van der Waals surface area contributed by atoms with Crippen molar-refractivity contribution in [1.29, 1.82) is 0 Å². The van der Waals surface area contributed by atoms with E-state index in [4.69, 9.17) is 9.47 Å². The SMILES string of the molecule is CCCCCCCCCC[C@H](OCc1ccccc1)[C@@H]1CO1. The summed E-state index contributed by atoms with van der Waals surface area (Å²) in [7, 11) is 0. The van der Waals surface area contributed by atoms with Crippen LogP contribution >= 0.6 is 0 Å². The Labute approximate surface area is 136 Å². The molecule has 2 nitrogen and oxygen atoms in total. The van der Waals surface area contributed by atoms with Crippen LogP contribution in [0.1, 0.15) is 70.3 Å². The first-order valence-corrected chi connectivity index (χ1v) is 9.17. The molecule has 1 aromatic carbocycles. The molecule has 1 aliphatic heterocycles. The van der Waals surface area contributed by atoms with Crippen molar-refractivity contribution in [3.05, 3.63) is 35.9 Å². The highest BCUT2D eigenvalue weighted by Crippen LogP contribution is 2.23. The highest BCUT2D eigenvalue weighted by atomic mass is 16.6. The first-order chi connectivity index (χ1) is 10.9. The highest BCUT2D eigenvalue weighted by molar-refractivity contribution is 5.13. The van der Waals surface area contributed by atoms with Gasteiger partial charge in [0.1, 0.15) is 6.10 Å². The van der Waals surface area contributed by atoms with Crippen LogP contribution in [-0.4, -0.2) is 18.8 Å². The van der Waals surface area contributed by atoms with E-state index in [0.717, 1.165) is 13.0 Å². The number of hydrogen-bond acceptors (Lipinski definition) is 2. The molecule has 2 heteroatoms. The smallest absolute Gasteiger partial charge is 0.107 e. The number of hydrogen-bond donors (Lipinski definition) is 0. The zero-order valence-electron chi connectivity index (χ0n) is 14.1. The molecule has 124 valence electrons. The van der Waals surface area contributed by atoms with Gasteiger partial charge in [-0.3, -0.25) is 0 Å². The van der Waals surface area contributed by atoms with Crippen LogP contribution in [0.25, 0.3) is 0 Å². The summed E-state index contributed by atoms with van der Waals surface area (Å²) in [6.45, 7) is 3.87. The van der Waals surface area contributed by atoms with Crippen LogP contribution in [-0.2, 0) is 16.1 Å². The predicted octanol–water partition coefficient (Wildman–Crippen LogP) is 5.50. The van der Waals surface area contributed by atoms with Gasteiger partial charge in [0.15, 0.2) is 0 Å². The number of benzene rings is 1. The fourth-order valence-corrected chi connectivity index (χ4v) is 2.90. The quantitative estimate of drug-likeness (QED) is 0.354. The summed E-state index contributed by atoms with van der Waals surface area (Å²) >= 11 is 0. The minimum atomic E-state index is 0.292. The number of unbranched alkanes of at least 4 members (excludes halogenated alkanes) is 7. The maximum atomic E-state index is 6.09. The molecule has 1 saturated heterocycles. The normalized spacial score (nSPS) is 18.3. The molecule has 0 amide bonds. The van der Waals surface area contributed by atoms with Crippen LogP contribution < -0.4 is 0 Å². The molecule has 0 bridgehead atoms. The average molecular weight is 304 g/mol. The average Bonchev–Trinajstić information content (AvgIpc) is 3.38. The fourth-order valence-electron chi connectivity index (χ4n) is 2.90. The van der Waals surface area contributed by atoms with E-state index in [1.807, 2.05) is 6.07 Å². The second-order valence-corrected chi connectivity index (χ2v) is 6.47.